The van der Waals surface area contributed by atoms with Crippen LogP contribution in [0.25, 0.3) is 0 Å². The van der Waals surface area contributed by atoms with E-state index < -0.39 is 11.9 Å². The molecule has 6 nitrogen and oxygen atoms in total. The van der Waals surface area contributed by atoms with Crippen LogP contribution in [-0.2, 0) is 16.1 Å². The minimum absolute atomic E-state index is 0.00672. The van der Waals surface area contributed by atoms with Gasteiger partial charge in [0.05, 0.1) is 12.5 Å². The first kappa shape index (κ1) is 20.3. The second kappa shape index (κ2) is 9.20. The molecule has 1 unspecified atom stereocenters. The number of fused-ring (bicyclic) bond motifs is 1. The number of hydrogen-bond acceptors (Lipinski definition) is 4. The quantitative estimate of drug-likeness (QED) is 0.786. The number of amides is 1. The average Bonchev–Trinajstić information content (AvgIpc) is 2.79. The van der Waals surface area contributed by atoms with Crippen LogP contribution in [0.4, 0.5) is 0 Å². The van der Waals surface area contributed by atoms with Crippen LogP contribution in [0.1, 0.15) is 31.2 Å². The van der Waals surface area contributed by atoms with Crippen LogP contribution in [0.3, 0.4) is 0 Å². The molecule has 2 aliphatic rings. The van der Waals surface area contributed by atoms with Crippen molar-refractivity contribution in [1.29, 1.82) is 0 Å². The lowest BCUT2D eigenvalue weighted by molar-refractivity contribution is -0.146. The van der Waals surface area contributed by atoms with E-state index in [4.69, 9.17) is 9.47 Å². The Morgan fingerprint density at radius 2 is 1.67 bits per heavy atom. The monoisotopic (exact) mass is 409 g/mol. The van der Waals surface area contributed by atoms with Gasteiger partial charge in [0.15, 0.2) is 17.6 Å². The minimum Gasteiger partial charge on any atom is -0.486 e. The van der Waals surface area contributed by atoms with Crippen molar-refractivity contribution in [1.82, 2.24) is 4.90 Å². The Morgan fingerprint density at radius 1 is 0.967 bits per heavy atom. The topological polar surface area (TPSA) is 76.1 Å². The zero-order valence-corrected chi connectivity index (χ0v) is 16.9. The Hall–Kier alpha value is -3.02. The number of benzene rings is 2. The van der Waals surface area contributed by atoms with Gasteiger partial charge in [-0.2, -0.15) is 0 Å². The molecule has 1 saturated carbocycles. The smallest absolute Gasteiger partial charge is 0.306 e. The molecule has 1 amide bonds. The number of carbonyl (C=O) groups excluding carboxylic acids is 1. The number of carbonyl (C=O) groups is 2. The highest BCUT2D eigenvalue weighted by Gasteiger charge is 2.35. The zero-order chi connectivity index (χ0) is 20.9. The van der Waals surface area contributed by atoms with Gasteiger partial charge in [0, 0.05) is 12.5 Å². The molecule has 3 atom stereocenters. The van der Waals surface area contributed by atoms with Crippen LogP contribution in [0, 0.1) is 11.8 Å². The number of aliphatic carboxylic acids is 1. The summed E-state index contributed by atoms with van der Waals surface area (Å²) in [7, 11) is 0. The number of para-hydroxylation sites is 2. The highest BCUT2D eigenvalue weighted by Crippen LogP contribution is 2.33. The molecule has 6 heteroatoms. The summed E-state index contributed by atoms with van der Waals surface area (Å²) in [6.07, 6.45) is 2.28. The van der Waals surface area contributed by atoms with Gasteiger partial charge in [0.1, 0.15) is 6.61 Å². The second-order valence-corrected chi connectivity index (χ2v) is 8.10. The molecule has 1 aliphatic heterocycles. The van der Waals surface area contributed by atoms with Crippen molar-refractivity contribution in [2.75, 3.05) is 13.2 Å². The van der Waals surface area contributed by atoms with Gasteiger partial charge in [-0.3, -0.25) is 9.59 Å². The molecule has 0 bridgehead atoms. The van der Waals surface area contributed by atoms with Crippen molar-refractivity contribution in [3.63, 3.8) is 0 Å². The molecule has 0 spiro atoms. The normalized spacial score (nSPS) is 22.9. The zero-order valence-electron chi connectivity index (χ0n) is 16.9. The van der Waals surface area contributed by atoms with Gasteiger partial charge >= 0.3 is 5.97 Å². The summed E-state index contributed by atoms with van der Waals surface area (Å²) in [4.78, 5) is 26.7. The van der Waals surface area contributed by atoms with Crippen LogP contribution in [-0.4, -0.2) is 41.1 Å². The maximum absolute atomic E-state index is 13.4. The maximum Gasteiger partial charge on any atom is 0.306 e. The number of nitrogens with zero attached hydrogens (tertiary/aromatic N) is 1. The van der Waals surface area contributed by atoms with Crippen molar-refractivity contribution in [2.45, 2.75) is 38.3 Å². The van der Waals surface area contributed by atoms with E-state index in [0.29, 0.717) is 44.0 Å². The van der Waals surface area contributed by atoms with E-state index in [1.807, 2.05) is 59.5 Å². The van der Waals surface area contributed by atoms with Gasteiger partial charge in [0.2, 0.25) is 5.91 Å². The molecule has 158 valence electrons. The SMILES string of the molecule is O=C(O)[C@H]1CCC[C@@H](C(=O)N(Cc2ccccc2)CC2COc3ccccc3O2)C1. The lowest BCUT2D eigenvalue weighted by Gasteiger charge is -2.35. The fourth-order valence-corrected chi connectivity index (χ4v) is 4.33. The van der Waals surface area contributed by atoms with Crippen molar-refractivity contribution in [3.8, 4) is 11.5 Å². The minimum atomic E-state index is -0.803. The largest absolute Gasteiger partial charge is 0.486 e. The third-order valence-electron chi connectivity index (χ3n) is 5.89. The van der Waals surface area contributed by atoms with Crippen molar-refractivity contribution >= 4 is 11.9 Å². The van der Waals surface area contributed by atoms with Gasteiger partial charge in [-0.1, -0.05) is 48.9 Å². The summed E-state index contributed by atoms with van der Waals surface area (Å²) in [5, 5.41) is 9.40. The van der Waals surface area contributed by atoms with Crippen LogP contribution in [0.2, 0.25) is 0 Å². The number of hydrogen-bond donors (Lipinski definition) is 1. The van der Waals surface area contributed by atoms with E-state index >= 15 is 0 Å². The van der Waals surface area contributed by atoms with Crippen LogP contribution in [0.5, 0.6) is 11.5 Å². The summed E-state index contributed by atoms with van der Waals surface area (Å²) in [6.45, 7) is 1.24. The molecule has 1 heterocycles. The third-order valence-corrected chi connectivity index (χ3v) is 5.89. The van der Waals surface area contributed by atoms with E-state index in [9.17, 15) is 14.7 Å². The van der Waals surface area contributed by atoms with E-state index in [1.165, 1.54) is 0 Å². The van der Waals surface area contributed by atoms with Crippen LogP contribution >= 0.6 is 0 Å². The van der Waals surface area contributed by atoms with E-state index in [0.717, 1.165) is 18.4 Å². The van der Waals surface area contributed by atoms with Crippen molar-refractivity contribution < 1.29 is 24.2 Å². The number of carboxylic acid groups (broad SMARTS) is 1. The molecular formula is C24H27NO5. The van der Waals surface area contributed by atoms with Crippen molar-refractivity contribution in [2.24, 2.45) is 11.8 Å². The summed E-state index contributed by atoms with van der Waals surface area (Å²) >= 11 is 0. The highest BCUT2D eigenvalue weighted by molar-refractivity contribution is 5.80. The molecular weight excluding hydrogens is 382 g/mol. The number of rotatable bonds is 6. The first-order valence-corrected chi connectivity index (χ1v) is 10.5. The van der Waals surface area contributed by atoms with Gasteiger partial charge in [-0.05, 0) is 37.0 Å². The maximum atomic E-state index is 13.4. The first-order valence-electron chi connectivity index (χ1n) is 10.5. The summed E-state index contributed by atoms with van der Waals surface area (Å²) in [5.74, 6) is -0.0986. The van der Waals surface area contributed by atoms with Gasteiger partial charge in [0.25, 0.3) is 0 Å². The molecule has 1 aliphatic carbocycles. The summed E-state index contributed by atoms with van der Waals surface area (Å²) in [5.41, 5.74) is 1.04. The van der Waals surface area contributed by atoms with E-state index in [2.05, 4.69) is 0 Å². The molecule has 0 aromatic heterocycles. The molecule has 2 aromatic carbocycles. The standard InChI is InChI=1S/C24H27NO5/c26-23(18-9-6-10-19(13-18)24(27)28)25(14-17-7-2-1-3-8-17)15-20-16-29-21-11-4-5-12-22(21)30-20/h1-5,7-8,11-12,18-20H,6,9-10,13-16H2,(H,27,28)/t18-,19+,20?/m1/s1. The first-order chi connectivity index (χ1) is 14.6. The Morgan fingerprint density at radius 3 is 2.43 bits per heavy atom. The molecule has 1 N–H and O–H groups in total. The second-order valence-electron chi connectivity index (χ2n) is 8.10. The summed E-state index contributed by atoms with van der Waals surface area (Å²) < 4.78 is 11.9. The predicted octanol–water partition coefficient (Wildman–Crippen LogP) is 3.75. The molecule has 0 radical (unpaired) electrons. The van der Waals surface area contributed by atoms with Crippen LogP contribution < -0.4 is 9.47 Å². The fourth-order valence-electron chi connectivity index (χ4n) is 4.33. The Labute approximate surface area is 176 Å². The average molecular weight is 409 g/mol. The lowest BCUT2D eigenvalue weighted by atomic mass is 9.80. The Balaban J connectivity index is 1.49. The fraction of sp³-hybridized carbons (Fsp3) is 0.417. The number of ether oxygens (including phenoxy) is 2. The predicted molar refractivity (Wildman–Crippen MR) is 111 cm³/mol. The lowest BCUT2D eigenvalue weighted by Crippen LogP contribution is -2.46. The number of carboxylic acids is 1. The molecule has 4 rings (SSSR count). The van der Waals surface area contributed by atoms with Gasteiger partial charge in [-0.25, -0.2) is 0 Å². The van der Waals surface area contributed by atoms with Crippen LogP contribution in [0.15, 0.2) is 54.6 Å². The highest BCUT2D eigenvalue weighted by atomic mass is 16.6. The van der Waals surface area contributed by atoms with Gasteiger partial charge < -0.3 is 19.5 Å². The van der Waals surface area contributed by atoms with Crippen molar-refractivity contribution in [3.05, 3.63) is 60.2 Å². The molecule has 0 saturated heterocycles. The van der Waals surface area contributed by atoms with E-state index in [-0.39, 0.29) is 17.9 Å². The third kappa shape index (κ3) is 4.75. The Bertz CT molecular complexity index is 884. The Kier molecular flexibility index (Phi) is 6.21. The molecule has 30 heavy (non-hydrogen) atoms. The molecule has 1 fully saturated rings. The molecule has 2 aromatic rings. The van der Waals surface area contributed by atoms with E-state index in [1.54, 1.807) is 0 Å². The summed E-state index contributed by atoms with van der Waals surface area (Å²) in [6, 6.07) is 17.4. The van der Waals surface area contributed by atoms with Gasteiger partial charge in [-0.15, -0.1) is 0 Å².